The van der Waals surface area contributed by atoms with Crippen molar-refractivity contribution >= 4 is 21.6 Å². The Morgan fingerprint density at radius 2 is 1.76 bits per heavy atom. The van der Waals surface area contributed by atoms with Gasteiger partial charge in [-0.05, 0) is 30.3 Å². The number of ether oxygens (including phenoxy) is 2. The van der Waals surface area contributed by atoms with Gasteiger partial charge in [-0.25, -0.2) is 12.7 Å². The molecule has 2 aromatic rings. The van der Waals surface area contributed by atoms with Gasteiger partial charge >= 0.3 is 0 Å². The molecule has 0 atom stereocenters. The molecule has 1 amide bonds. The number of benzene rings is 2. The molecule has 0 spiro atoms. The molecule has 7 nitrogen and oxygen atoms in total. The van der Waals surface area contributed by atoms with Crippen molar-refractivity contribution in [2.45, 2.75) is 4.90 Å². The van der Waals surface area contributed by atoms with Crippen LogP contribution in [0.25, 0.3) is 0 Å². The fourth-order valence-electron chi connectivity index (χ4n) is 2.11. The van der Waals surface area contributed by atoms with Crippen LogP contribution in [0.2, 0.25) is 0 Å². The van der Waals surface area contributed by atoms with Crippen LogP contribution in [-0.4, -0.2) is 46.9 Å². The summed E-state index contributed by atoms with van der Waals surface area (Å²) in [5.74, 6) is 0.564. The molecule has 2 rings (SSSR count). The Labute approximate surface area is 147 Å². The van der Waals surface area contributed by atoms with Crippen molar-refractivity contribution < 1.29 is 22.7 Å². The van der Waals surface area contributed by atoms with Crippen LogP contribution in [0.15, 0.2) is 47.4 Å². The van der Waals surface area contributed by atoms with Crippen molar-refractivity contribution in [3.8, 4) is 11.5 Å². The van der Waals surface area contributed by atoms with E-state index in [4.69, 9.17) is 9.47 Å². The normalized spacial score (nSPS) is 11.2. The lowest BCUT2D eigenvalue weighted by Crippen LogP contribution is -2.22. The molecule has 0 bridgehead atoms. The average molecular weight is 364 g/mol. The van der Waals surface area contributed by atoms with Crippen molar-refractivity contribution in [3.05, 3.63) is 48.0 Å². The Morgan fingerprint density at radius 3 is 2.36 bits per heavy atom. The Balaban J connectivity index is 2.34. The second kappa shape index (κ2) is 7.54. The number of rotatable bonds is 6. The maximum Gasteiger partial charge on any atom is 0.255 e. The molecule has 1 N–H and O–H groups in total. The highest BCUT2D eigenvalue weighted by molar-refractivity contribution is 7.89. The number of amides is 1. The molecule has 0 unspecified atom stereocenters. The van der Waals surface area contributed by atoms with Gasteiger partial charge in [-0.1, -0.05) is 6.07 Å². The summed E-state index contributed by atoms with van der Waals surface area (Å²) in [5, 5.41) is 2.71. The second-order valence-electron chi connectivity index (χ2n) is 5.34. The fourth-order valence-corrected chi connectivity index (χ4v) is 3.06. The van der Waals surface area contributed by atoms with Crippen molar-refractivity contribution in [1.29, 1.82) is 0 Å². The highest BCUT2D eigenvalue weighted by Crippen LogP contribution is 2.29. The number of hydrogen-bond acceptors (Lipinski definition) is 5. The number of sulfonamides is 1. The summed E-state index contributed by atoms with van der Waals surface area (Å²) in [4.78, 5) is 12.6. The zero-order valence-electron chi connectivity index (χ0n) is 14.4. The van der Waals surface area contributed by atoms with Crippen LogP contribution in [0.4, 0.5) is 5.69 Å². The molecule has 2 aromatic carbocycles. The van der Waals surface area contributed by atoms with Crippen molar-refractivity contribution in [2.75, 3.05) is 33.6 Å². The van der Waals surface area contributed by atoms with Gasteiger partial charge in [-0.15, -0.1) is 0 Å². The van der Waals surface area contributed by atoms with E-state index in [1.807, 2.05) is 0 Å². The molecule has 0 saturated carbocycles. The molecule has 0 aliphatic rings. The molecular formula is C17H20N2O5S. The summed E-state index contributed by atoms with van der Waals surface area (Å²) in [6.07, 6.45) is 0. The van der Waals surface area contributed by atoms with Gasteiger partial charge in [0.25, 0.3) is 5.91 Å². The van der Waals surface area contributed by atoms with E-state index in [0.29, 0.717) is 17.2 Å². The van der Waals surface area contributed by atoms with E-state index in [2.05, 4.69) is 5.32 Å². The highest BCUT2D eigenvalue weighted by Gasteiger charge is 2.19. The minimum Gasteiger partial charge on any atom is -0.497 e. The van der Waals surface area contributed by atoms with Crippen LogP contribution in [0, 0.1) is 0 Å². The van der Waals surface area contributed by atoms with Gasteiger partial charge in [-0.2, -0.15) is 0 Å². The Hall–Kier alpha value is -2.58. The van der Waals surface area contributed by atoms with Crippen LogP contribution < -0.4 is 14.8 Å². The van der Waals surface area contributed by atoms with Crippen LogP contribution in [0.3, 0.4) is 0 Å². The Bertz CT molecular complexity index is 878. The zero-order chi connectivity index (χ0) is 18.6. The van der Waals surface area contributed by atoms with E-state index in [0.717, 1.165) is 4.31 Å². The lowest BCUT2D eigenvalue weighted by Gasteiger charge is -2.14. The summed E-state index contributed by atoms with van der Waals surface area (Å²) in [6, 6.07) is 10.8. The van der Waals surface area contributed by atoms with Gasteiger partial charge in [0.2, 0.25) is 10.0 Å². The van der Waals surface area contributed by atoms with E-state index in [1.165, 1.54) is 52.6 Å². The van der Waals surface area contributed by atoms with E-state index < -0.39 is 15.9 Å². The van der Waals surface area contributed by atoms with Crippen LogP contribution in [-0.2, 0) is 10.0 Å². The van der Waals surface area contributed by atoms with Crippen LogP contribution >= 0.6 is 0 Å². The molecule has 0 radical (unpaired) electrons. The third-order valence-electron chi connectivity index (χ3n) is 3.53. The maximum absolute atomic E-state index is 12.5. The SMILES string of the molecule is COc1ccc(OC)c(NC(=O)c2cccc(S(=O)(=O)N(C)C)c2)c1. The summed E-state index contributed by atoms with van der Waals surface area (Å²) < 4.78 is 35.9. The van der Waals surface area contributed by atoms with Crippen LogP contribution in [0.1, 0.15) is 10.4 Å². The molecule has 0 aromatic heterocycles. The number of carbonyl (C=O) groups is 1. The van der Waals surface area contributed by atoms with Crippen molar-refractivity contribution in [2.24, 2.45) is 0 Å². The van der Waals surface area contributed by atoms with Gasteiger partial charge < -0.3 is 14.8 Å². The average Bonchev–Trinajstić information content (AvgIpc) is 2.61. The molecule has 0 heterocycles. The first-order valence-corrected chi connectivity index (χ1v) is 8.79. The topological polar surface area (TPSA) is 84.9 Å². The van der Waals surface area contributed by atoms with E-state index in [-0.39, 0.29) is 10.5 Å². The molecule has 8 heteroatoms. The monoisotopic (exact) mass is 364 g/mol. The Kier molecular flexibility index (Phi) is 5.66. The molecule has 134 valence electrons. The summed E-state index contributed by atoms with van der Waals surface area (Å²) in [7, 11) is 2.25. The predicted octanol–water partition coefficient (Wildman–Crippen LogP) is 2.21. The molecule has 25 heavy (non-hydrogen) atoms. The molecule has 0 saturated heterocycles. The quantitative estimate of drug-likeness (QED) is 0.849. The largest absolute Gasteiger partial charge is 0.497 e. The van der Waals surface area contributed by atoms with Gasteiger partial charge in [-0.3, -0.25) is 4.79 Å². The molecule has 0 aliphatic carbocycles. The smallest absolute Gasteiger partial charge is 0.255 e. The third kappa shape index (κ3) is 4.09. The van der Waals surface area contributed by atoms with Gasteiger partial charge in [0, 0.05) is 25.7 Å². The lowest BCUT2D eigenvalue weighted by atomic mass is 10.2. The maximum atomic E-state index is 12.5. The zero-order valence-corrected chi connectivity index (χ0v) is 15.3. The van der Waals surface area contributed by atoms with Crippen molar-refractivity contribution in [1.82, 2.24) is 4.31 Å². The third-order valence-corrected chi connectivity index (χ3v) is 5.34. The summed E-state index contributed by atoms with van der Waals surface area (Å²) in [5.41, 5.74) is 0.639. The van der Waals surface area contributed by atoms with E-state index >= 15 is 0 Å². The van der Waals surface area contributed by atoms with Crippen molar-refractivity contribution in [3.63, 3.8) is 0 Å². The predicted molar refractivity (Wildman–Crippen MR) is 94.8 cm³/mol. The minimum absolute atomic E-state index is 0.0442. The fraction of sp³-hybridized carbons (Fsp3) is 0.235. The second-order valence-corrected chi connectivity index (χ2v) is 7.49. The first kappa shape index (κ1) is 18.8. The van der Waals surface area contributed by atoms with E-state index in [9.17, 15) is 13.2 Å². The lowest BCUT2D eigenvalue weighted by molar-refractivity contribution is 0.102. The number of carbonyl (C=O) groups excluding carboxylic acids is 1. The summed E-state index contributed by atoms with van der Waals surface area (Å²) >= 11 is 0. The number of anilines is 1. The minimum atomic E-state index is -3.62. The Morgan fingerprint density at radius 1 is 1.04 bits per heavy atom. The first-order chi connectivity index (χ1) is 11.8. The number of nitrogens with one attached hydrogen (secondary N) is 1. The summed E-state index contributed by atoms with van der Waals surface area (Å²) in [6.45, 7) is 0. The molecule has 0 aliphatic heterocycles. The van der Waals surface area contributed by atoms with E-state index in [1.54, 1.807) is 18.2 Å². The van der Waals surface area contributed by atoms with Gasteiger partial charge in [0.1, 0.15) is 11.5 Å². The van der Waals surface area contributed by atoms with Crippen LogP contribution in [0.5, 0.6) is 11.5 Å². The molecular weight excluding hydrogens is 344 g/mol. The number of methoxy groups -OCH3 is 2. The van der Waals surface area contributed by atoms with Gasteiger partial charge in [0.05, 0.1) is 24.8 Å². The number of hydrogen-bond donors (Lipinski definition) is 1. The molecule has 0 fully saturated rings. The number of nitrogens with zero attached hydrogens (tertiary/aromatic N) is 1. The first-order valence-electron chi connectivity index (χ1n) is 7.35. The standard InChI is InChI=1S/C17H20N2O5S/c1-19(2)25(21,22)14-7-5-6-12(10-14)17(20)18-15-11-13(23-3)8-9-16(15)24-4/h5-11H,1-4H3,(H,18,20). The van der Waals surface area contributed by atoms with Gasteiger partial charge in [0.15, 0.2) is 0 Å². The highest BCUT2D eigenvalue weighted by atomic mass is 32.2.